The predicted octanol–water partition coefficient (Wildman–Crippen LogP) is 2.44. The first kappa shape index (κ1) is 13.4. The van der Waals surface area contributed by atoms with Crippen molar-refractivity contribution in [2.24, 2.45) is 5.84 Å². The summed E-state index contributed by atoms with van der Waals surface area (Å²) in [7, 11) is 2.84. The molecule has 0 aliphatic rings. The van der Waals surface area contributed by atoms with Crippen LogP contribution in [-0.4, -0.2) is 12.2 Å². The number of rotatable bonds is 9. The van der Waals surface area contributed by atoms with Crippen molar-refractivity contribution in [3.63, 3.8) is 0 Å². The van der Waals surface area contributed by atoms with E-state index in [1.807, 2.05) is 0 Å². The van der Waals surface area contributed by atoms with E-state index in [1.165, 1.54) is 44.9 Å². The summed E-state index contributed by atoms with van der Waals surface area (Å²) < 4.78 is 0. The standard InChI is InChI=1S/C10H25N2P/c1-2-3-4-5-6-7-8-10(13)9-12-11/h10,12H,2-9,11,13H2,1H3. The van der Waals surface area contributed by atoms with Gasteiger partial charge in [-0.3, -0.25) is 11.3 Å². The number of hydrogen-bond donors (Lipinski definition) is 2. The van der Waals surface area contributed by atoms with Gasteiger partial charge in [0.25, 0.3) is 0 Å². The molecule has 13 heavy (non-hydrogen) atoms. The fraction of sp³-hybridized carbons (Fsp3) is 1.00. The Morgan fingerprint density at radius 3 is 2.38 bits per heavy atom. The highest BCUT2D eigenvalue weighted by Gasteiger charge is 1.99. The largest absolute Gasteiger partial charge is 0.271 e. The van der Waals surface area contributed by atoms with Crippen LogP contribution < -0.4 is 11.3 Å². The van der Waals surface area contributed by atoms with Gasteiger partial charge in [0.2, 0.25) is 0 Å². The van der Waals surface area contributed by atoms with E-state index in [-0.39, 0.29) is 0 Å². The van der Waals surface area contributed by atoms with Crippen LogP contribution in [0.25, 0.3) is 0 Å². The number of hydrogen-bond acceptors (Lipinski definition) is 2. The molecule has 0 heterocycles. The van der Waals surface area contributed by atoms with Gasteiger partial charge in [-0.2, -0.15) is 0 Å². The Morgan fingerprint density at radius 2 is 1.77 bits per heavy atom. The highest BCUT2D eigenvalue weighted by molar-refractivity contribution is 7.17. The topological polar surface area (TPSA) is 38.0 Å². The predicted molar refractivity (Wildman–Crippen MR) is 63.7 cm³/mol. The highest BCUT2D eigenvalue weighted by Crippen LogP contribution is 2.12. The maximum Gasteiger partial charge on any atom is 0.0160 e. The van der Waals surface area contributed by atoms with E-state index in [0.29, 0.717) is 5.66 Å². The molecular weight excluding hydrogens is 179 g/mol. The summed E-state index contributed by atoms with van der Waals surface area (Å²) in [6, 6.07) is 0. The van der Waals surface area contributed by atoms with Gasteiger partial charge in [-0.1, -0.05) is 45.4 Å². The number of nitrogens with one attached hydrogen (secondary N) is 1. The molecule has 2 nitrogen and oxygen atoms in total. The molecule has 0 spiro atoms. The zero-order valence-corrected chi connectivity index (χ0v) is 10.0. The van der Waals surface area contributed by atoms with Crippen molar-refractivity contribution in [1.82, 2.24) is 5.43 Å². The summed E-state index contributed by atoms with van der Waals surface area (Å²) in [5.74, 6) is 5.24. The summed E-state index contributed by atoms with van der Waals surface area (Å²) in [5.41, 5.74) is 3.36. The van der Waals surface area contributed by atoms with E-state index in [1.54, 1.807) is 0 Å². The maximum absolute atomic E-state index is 5.24. The van der Waals surface area contributed by atoms with E-state index in [2.05, 4.69) is 21.6 Å². The van der Waals surface area contributed by atoms with Crippen molar-refractivity contribution in [3.05, 3.63) is 0 Å². The van der Waals surface area contributed by atoms with Gasteiger partial charge >= 0.3 is 0 Å². The molecule has 0 aliphatic heterocycles. The fourth-order valence-corrected chi connectivity index (χ4v) is 1.81. The molecule has 3 heteroatoms. The van der Waals surface area contributed by atoms with Crippen molar-refractivity contribution >= 4 is 9.24 Å². The molecule has 0 aliphatic carbocycles. The van der Waals surface area contributed by atoms with Crippen molar-refractivity contribution in [2.45, 2.75) is 57.5 Å². The Bertz CT molecular complexity index is 98.9. The third-order valence-electron chi connectivity index (χ3n) is 2.31. The molecule has 0 amide bonds. The zero-order chi connectivity index (χ0) is 9.94. The van der Waals surface area contributed by atoms with Gasteiger partial charge in [-0.05, 0) is 12.1 Å². The minimum absolute atomic E-state index is 0.649. The van der Waals surface area contributed by atoms with Gasteiger partial charge in [0.05, 0.1) is 0 Å². The average molecular weight is 204 g/mol. The molecule has 2 unspecified atom stereocenters. The summed E-state index contributed by atoms with van der Waals surface area (Å²) in [6.45, 7) is 3.17. The van der Waals surface area contributed by atoms with Crippen LogP contribution in [0.1, 0.15) is 51.9 Å². The first-order valence-corrected chi connectivity index (χ1v) is 6.17. The summed E-state index contributed by atoms with van der Waals surface area (Å²) in [6.07, 6.45) is 9.56. The lowest BCUT2D eigenvalue weighted by molar-refractivity contribution is 0.567. The van der Waals surface area contributed by atoms with Gasteiger partial charge in [-0.15, -0.1) is 9.24 Å². The molecule has 80 valence electrons. The Hall–Kier alpha value is 0.350. The van der Waals surface area contributed by atoms with E-state index in [9.17, 15) is 0 Å². The minimum atomic E-state index is 0.649. The summed E-state index contributed by atoms with van der Waals surface area (Å²) >= 11 is 0. The van der Waals surface area contributed by atoms with E-state index in [0.717, 1.165) is 6.54 Å². The molecule has 2 atom stereocenters. The van der Waals surface area contributed by atoms with Crippen molar-refractivity contribution in [1.29, 1.82) is 0 Å². The third kappa shape index (κ3) is 10.3. The molecule has 0 aromatic rings. The second kappa shape index (κ2) is 10.4. The van der Waals surface area contributed by atoms with Crippen LogP contribution in [0, 0.1) is 0 Å². The lowest BCUT2D eigenvalue weighted by atomic mass is 10.1. The summed E-state index contributed by atoms with van der Waals surface area (Å²) in [5, 5.41) is 0. The second-order valence-electron chi connectivity index (χ2n) is 3.72. The lowest BCUT2D eigenvalue weighted by Gasteiger charge is -2.09. The minimum Gasteiger partial charge on any atom is -0.271 e. The third-order valence-corrected chi connectivity index (χ3v) is 2.88. The molecule has 0 saturated heterocycles. The van der Waals surface area contributed by atoms with Gasteiger partial charge in [0.15, 0.2) is 0 Å². The smallest absolute Gasteiger partial charge is 0.0160 e. The number of hydrazine groups is 1. The van der Waals surface area contributed by atoms with Crippen LogP contribution in [0.3, 0.4) is 0 Å². The highest BCUT2D eigenvalue weighted by atomic mass is 31.0. The van der Waals surface area contributed by atoms with Crippen LogP contribution in [0.2, 0.25) is 0 Å². The SMILES string of the molecule is CCCCCCCCC(P)CNN. The summed E-state index contributed by atoms with van der Waals surface area (Å²) in [4.78, 5) is 0. The molecule has 0 radical (unpaired) electrons. The van der Waals surface area contributed by atoms with Crippen LogP contribution in [-0.2, 0) is 0 Å². The first-order chi connectivity index (χ1) is 6.31. The molecule has 0 saturated carbocycles. The molecule has 0 aromatic heterocycles. The van der Waals surface area contributed by atoms with E-state index in [4.69, 9.17) is 5.84 Å². The number of unbranched alkanes of at least 4 members (excludes halogenated alkanes) is 5. The normalized spacial score (nSPS) is 13.2. The monoisotopic (exact) mass is 204 g/mol. The molecule has 0 fully saturated rings. The van der Waals surface area contributed by atoms with Crippen molar-refractivity contribution < 1.29 is 0 Å². The van der Waals surface area contributed by atoms with Gasteiger partial charge < -0.3 is 0 Å². The van der Waals surface area contributed by atoms with E-state index >= 15 is 0 Å². The number of nitrogens with two attached hydrogens (primary N) is 1. The van der Waals surface area contributed by atoms with Gasteiger partial charge in [0, 0.05) is 6.54 Å². The second-order valence-corrected chi connectivity index (χ2v) is 4.67. The molecule has 0 rings (SSSR count). The molecule has 0 bridgehead atoms. The molecule has 0 aromatic carbocycles. The van der Waals surface area contributed by atoms with Gasteiger partial charge in [0.1, 0.15) is 0 Å². The molecular formula is C10H25N2P. The van der Waals surface area contributed by atoms with Crippen LogP contribution in [0.4, 0.5) is 0 Å². The molecule has 3 N–H and O–H groups in total. The Morgan fingerprint density at radius 1 is 1.15 bits per heavy atom. The van der Waals surface area contributed by atoms with Crippen LogP contribution >= 0.6 is 9.24 Å². The maximum atomic E-state index is 5.24. The fourth-order valence-electron chi connectivity index (χ4n) is 1.44. The van der Waals surface area contributed by atoms with E-state index < -0.39 is 0 Å². The zero-order valence-electron chi connectivity index (χ0n) is 8.89. The Balaban J connectivity index is 2.97. The van der Waals surface area contributed by atoms with Crippen molar-refractivity contribution in [3.8, 4) is 0 Å². The van der Waals surface area contributed by atoms with Crippen molar-refractivity contribution in [2.75, 3.05) is 6.54 Å². The van der Waals surface area contributed by atoms with Gasteiger partial charge in [-0.25, -0.2) is 0 Å². The Labute approximate surface area is 85.2 Å². The average Bonchev–Trinajstić information content (AvgIpc) is 2.11. The Kier molecular flexibility index (Phi) is 10.7. The van der Waals surface area contributed by atoms with Crippen LogP contribution in [0.5, 0.6) is 0 Å². The first-order valence-electron chi connectivity index (χ1n) is 5.50. The van der Waals surface area contributed by atoms with Crippen LogP contribution in [0.15, 0.2) is 0 Å². The lowest BCUT2D eigenvalue weighted by Crippen LogP contribution is -2.28. The quantitative estimate of drug-likeness (QED) is 0.262.